The molecule has 0 fully saturated rings. The number of rotatable bonds is 9. The summed E-state index contributed by atoms with van der Waals surface area (Å²) in [5, 5.41) is 10.2. The van der Waals surface area contributed by atoms with Crippen molar-refractivity contribution in [1.82, 2.24) is 20.1 Å². The van der Waals surface area contributed by atoms with Crippen molar-refractivity contribution < 1.29 is 18.7 Å². The highest BCUT2D eigenvalue weighted by molar-refractivity contribution is 5.95. The number of hydrogen-bond acceptors (Lipinski definition) is 7. The minimum atomic E-state index is -0.538. The summed E-state index contributed by atoms with van der Waals surface area (Å²) in [4.78, 5) is 30.5. The summed E-state index contributed by atoms with van der Waals surface area (Å²) in [6, 6.07) is 22.6. The van der Waals surface area contributed by atoms with Crippen LogP contribution in [0.3, 0.4) is 0 Å². The van der Waals surface area contributed by atoms with E-state index in [9.17, 15) is 14.0 Å². The van der Waals surface area contributed by atoms with Gasteiger partial charge in [0, 0.05) is 30.2 Å². The molecule has 0 spiro atoms. The van der Waals surface area contributed by atoms with Crippen molar-refractivity contribution in [2.45, 2.75) is 6.54 Å². The largest absolute Gasteiger partial charge is 0.497 e. The SMILES string of the molecule is COc1ccc(Oc2cnn(-c3ccc(F)cc3)c(=O)c2Nc2cccc(C(=O)NCc3cccnc3)c2)cc1. The molecular weight excluding hydrogens is 513 g/mol. The average Bonchev–Trinajstić information content (AvgIpc) is 2.99. The van der Waals surface area contributed by atoms with Crippen molar-refractivity contribution in [2.24, 2.45) is 0 Å². The van der Waals surface area contributed by atoms with Crippen LogP contribution in [0.4, 0.5) is 15.8 Å². The molecule has 0 bridgehead atoms. The van der Waals surface area contributed by atoms with Gasteiger partial charge in [-0.2, -0.15) is 9.78 Å². The molecule has 2 heterocycles. The average molecular weight is 538 g/mol. The van der Waals surface area contributed by atoms with Gasteiger partial charge in [0.1, 0.15) is 17.3 Å². The van der Waals surface area contributed by atoms with E-state index in [-0.39, 0.29) is 17.3 Å². The van der Waals surface area contributed by atoms with Crippen LogP contribution >= 0.6 is 0 Å². The number of ether oxygens (including phenoxy) is 2. The maximum absolute atomic E-state index is 13.6. The molecule has 5 aromatic rings. The zero-order valence-electron chi connectivity index (χ0n) is 21.4. The number of hydrogen-bond donors (Lipinski definition) is 2. The summed E-state index contributed by atoms with van der Waals surface area (Å²) in [5.41, 5.74) is 1.63. The second kappa shape index (κ2) is 11.9. The molecule has 2 aromatic heterocycles. The van der Waals surface area contributed by atoms with E-state index in [1.54, 1.807) is 74.1 Å². The Bertz CT molecular complexity index is 1670. The van der Waals surface area contributed by atoms with E-state index in [0.717, 1.165) is 10.2 Å². The van der Waals surface area contributed by atoms with Gasteiger partial charge in [-0.3, -0.25) is 14.6 Å². The maximum Gasteiger partial charge on any atom is 0.299 e. The lowest BCUT2D eigenvalue weighted by Gasteiger charge is -2.15. The number of anilines is 2. The van der Waals surface area contributed by atoms with E-state index in [2.05, 4.69) is 20.7 Å². The highest BCUT2D eigenvalue weighted by Gasteiger charge is 2.16. The van der Waals surface area contributed by atoms with Gasteiger partial charge < -0.3 is 20.1 Å². The predicted molar refractivity (Wildman–Crippen MR) is 148 cm³/mol. The van der Waals surface area contributed by atoms with E-state index in [4.69, 9.17) is 9.47 Å². The molecule has 9 nitrogen and oxygen atoms in total. The Balaban J connectivity index is 1.46. The Morgan fingerprint density at radius 3 is 2.45 bits per heavy atom. The van der Waals surface area contributed by atoms with Crippen LogP contribution in [0.15, 0.2) is 108 Å². The van der Waals surface area contributed by atoms with Crippen LogP contribution in [0, 0.1) is 5.82 Å². The fraction of sp³-hybridized carbons (Fsp3) is 0.0667. The smallest absolute Gasteiger partial charge is 0.299 e. The van der Waals surface area contributed by atoms with Crippen molar-refractivity contribution in [3.8, 4) is 22.9 Å². The van der Waals surface area contributed by atoms with Gasteiger partial charge in [0.05, 0.1) is 19.0 Å². The Labute approximate surface area is 228 Å². The third-order valence-electron chi connectivity index (χ3n) is 5.87. The third-order valence-corrected chi connectivity index (χ3v) is 5.87. The van der Waals surface area contributed by atoms with E-state index < -0.39 is 11.4 Å². The second-order valence-electron chi connectivity index (χ2n) is 8.60. The first kappa shape index (κ1) is 26.1. The number of nitrogens with one attached hydrogen (secondary N) is 2. The number of pyridine rings is 1. The number of carbonyl (C=O) groups excluding carboxylic acids is 1. The molecule has 0 aliphatic rings. The predicted octanol–water partition coefficient (Wildman–Crippen LogP) is 5.24. The Morgan fingerprint density at radius 2 is 1.73 bits per heavy atom. The van der Waals surface area contributed by atoms with Crippen LogP contribution < -0.4 is 25.7 Å². The topological polar surface area (TPSA) is 107 Å². The molecule has 3 aromatic carbocycles. The van der Waals surface area contributed by atoms with Gasteiger partial charge in [-0.1, -0.05) is 12.1 Å². The van der Waals surface area contributed by atoms with Crippen molar-refractivity contribution in [2.75, 3.05) is 12.4 Å². The van der Waals surface area contributed by atoms with E-state index >= 15 is 0 Å². The molecule has 2 N–H and O–H groups in total. The molecule has 40 heavy (non-hydrogen) atoms. The lowest BCUT2D eigenvalue weighted by atomic mass is 10.1. The molecule has 0 atom stereocenters. The van der Waals surface area contributed by atoms with Gasteiger partial charge in [-0.05, 0) is 78.4 Å². The maximum atomic E-state index is 13.6. The van der Waals surface area contributed by atoms with Crippen LogP contribution in [-0.4, -0.2) is 27.8 Å². The molecule has 0 aliphatic carbocycles. The lowest BCUT2D eigenvalue weighted by Crippen LogP contribution is -2.24. The quantitative estimate of drug-likeness (QED) is 0.265. The number of methoxy groups -OCH3 is 1. The van der Waals surface area contributed by atoms with Gasteiger partial charge in [-0.25, -0.2) is 4.39 Å². The van der Waals surface area contributed by atoms with E-state index in [1.807, 2.05) is 6.07 Å². The minimum absolute atomic E-state index is 0.0723. The summed E-state index contributed by atoms with van der Waals surface area (Å²) in [7, 11) is 1.56. The summed E-state index contributed by atoms with van der Waals surface area (Å²) in [5.74, 6) is 0.524. The van der Waals surface area contributed by atoms with Gasteiger partial charge in [-0.15, -0.1) is 0 Å². The molecule has 0 saturated carbocycles. The lowest BCUT2D eigenvalue weighted by molar-refractivity contribution is 0.0951. The number of aromatic nitrogens is 3. The zero-order chi connectivity index (χ0) is 27.9. The summed E-state index contributed by atoms with van der Waals surface area (Å²) >= 11 is 0. The fourth-order valence-corrected chi connectivity index (χ4v) is 3.84. The van der Waals surface area contributed by atoms with Crippen molar-refractivity contribution in [3.05, 3.63) is 131 Å². The van der Waals surface area contributed by atoms with Gasteiger partial charge >= 0.3 is 0 Å². The first-order valence-corrected chi connectivity index (χ1v) is 12.2. The summed E-state index contributed by atoms with van der Waals surface area (Å²) < 4.78 is 25.8. The first-order chi connectivity index (χ1) is 19.5. The van der Waals surface area contributed by atoms with Gasteiger partial charge in [0.25, 0.3) is 11.5 Å². The van der Waals surface area contributed by atoms with Crippen LogP contribution in [-0.2, 0) is 6.54 Å². The number of carbonyl (C=O) groups is 1. The van der Waals surface area contributed by atoms with Crippen LogP contribution in [0.25, 0.3) is 5.69 Å². The summed E-state index contributed by atoms with van der Waals surface area (Å²) in [6.07, 6.45) is 4.73. The van der Waals surface area contributed by atoms with Gasteiger partial charge in [0.2, 0.25) is 0 Å². The van der Waals surface area contributed by atoms with Crippen molar-refractivity contribution in [1.29, 1.82) is 0 Å². The normalized spacial score (nSPS) is 10.6. The fourth-order valence-electron chi connectivity index (χ4n) is 3.84. The molecule has 200 valence electrons. The number of halogens is 1. The first-order valence-electron chi connectivity index (χ1n) is 12.2. The molecule has 5 rings (SSSR count). The zero-order valence-corrected chi connectivity index (χ0v) is 21.4. The number of benzene rings is 3. The third kappa shape index (κ3) is 6.13. The summed E-state index contributed by atoms with van der Waals surface area (Å²) in [6.45, 7) is 0.316. The second-order valence-corrected chi connectivity index (χ2v) is 8.60. The van der Waals surface area contributed by atoms with Crippen LogP contribution in [0.1, 0.15) is 15.9 Å². The Kier molecular flexibility index (Phi) is 7.77. The number of nitrogens with zero attached hydrogens (tertiary/aromatic N) is 3. The number of amides is 1. The Hall–Kier alpha value is -5.51. The molecule has 0 aliphatic heterocycles. The van der Waals surface area contributed by atoms with Gasteiger partial charge in [0.15, 0.2) is 11.4 Å². The highest BCUT2D eigenvalue weighted by atomic mass is 19.1. The molecular formula is C30H24FN5O4. The van der Waals surface area contributed by atoms with Crippen LogP contribution in [0.2, 0.25) is 0 Å². The molecule has 1 amide bonds. The van der Waals surface area contributed by atoms with Crippen molar-refractivity contribution >= 4 is 17.3 Å². The molecule has 0 saturated heterocycles. The van der Waals surface area contributed by atoms with Crippen molar-refractivity contribution in [3.63, 3.8) is 0 Å². The van der Waals surface area contributed by atoms with E-state index in [0.29, 0.717) is 35.0 Å². The monoisotopic (exact) mass is 537 g/mol. The Morgan fingerprint density at radius 1 is 0.950 bits per heavy atom. The standard InChI is InChI=1S/C30H24FN5O4/c1-39-25-11-13-26(14-12-25)40-27-19-34-36(24-9-7-22(31)8-10-24)30(38)28(27)35-23-6-2-5-21(16-23)29(37)33-18-20-4-3-15-32-17-20/h2-17,19,35H,18H2,1H3,(H,33,37). The minimum Gasteiger partial charge on any atom is -0.497 e. The molecule has 0 radical (unpaired) electrons. The highest BCUT2D eigenvalue weighted by Crippen LogP contribution is 2.30. The van der Waals surface area contributed by atoms with E-state index in [1.165, 1.54) is 30.5 Å². The molecule has 0 unspecified atom stereocenters. The molecule has 10 heteroatoms. The van der Waals surface area contributed by atoms with Crippen LogP contribution in [0.5, 0.6) is 17.2 Å².